The molecule has 6 unspecified atom stereocenters. The number of aromatic nitrogens is 6. The molecule has 2 aliphatic carbocycles. The molecule has 0 N–H and O–H groups in total. The maximum atomic E-state index is 14.6. The highest BCUT2D eigenvalue weighted by molar-refractivity contribution is 6.30. The van der Waals surface area contributed by atoms with Crippen LogP contribution < -0.4 is 19.3 Å². The maximum absolute atomic E-state index is 14.6. The Morgan fingerprint density at radius 3 is 1.47 bits per heavy atom. The molecule has 2 fully saturated rings. The van der Waals surface area contributed by atoms with Crippen molar-refractivity contribution in [1.29, 1.82) is 10.5 Å². The second-order valence-corrected chi connectivity index (χ2v) is 30.8. The van der Waals surface area contributed by atoms with E-state index in [0.717, 1.165) is 121 Å². The largest absolute Gasteiger partial charge is 0.496 e. The van der Waals surface area contributed by atoms with E-state index in [-0.39, 0.29) is 76.4 Å². The molecule has 6 heterocycles. The molecule has 0 amide bonds. The topological polar surface area (TPSA) is 203 Å². The second kappa shape index (κ2) is 27.1. The number of aliphatic imine (C=N–C) groups is 2. The van der Waals surface area contributed by atoms with Crippen LogP contribution in [-0.2, 0) is 19.3 Å². The number of rotatable bonds is 18. The van der Waals surface area contributed by atoms with Gasteiger partial charge in [-0.15, -0.1) is 10.2 Å². The molecule has 18 heteroatoms. The predicted octanol–water partition coefficient (Wildman–Crippen LogP) is 16.9. The van der Waals surface area contributed by atoms with Gasteiger partial charge in [-0.2, -0.15) is 19.9 Å². The quantitative estimate of drug-likeness (QED) is 0.0340. The van der Waals surface area contributed by atoms with E-state index < -0.39 is 5.97 Å². The lowest BCUT2D eigenvalue weighted by Crippen LogP contribution is -2.49. The summed E-state index contributed by atoms with van der Waals surface area (Å²) in [7, 11) is 3.31. The molecule has 0 spiro atoms. The van der Waals surface area contributed by atoms with Gasteiger partial charge in [-0.05, 0) is 255 Å². The Kier molecular flexibility index (Phi) is 19.1. The number of methoxy groups -OCH3 is 2. The number of carbonyl (C=O) groups excluding carboxylic acids is 1. The van der Waals surface area contributed by atoms with Crippen LogP contribution in [0.2, 0.25) is 0 Å². The average molecular weight is 1310 g/mol. The normalized spacial score (nSPS) is 25.6. The monoisotopic (exact) mass is 1310 g/mol. The molecule has 6 aromatic rings. The fourth-order valence-corrected chi connectivity index (χ4v) is 17.4. The third-order valence-electron chi connectivity index (χ3n) is 21.9. The summed E-state index contributed by atoms with van der Waals surface area (Å²) in [6.07, 6.45) is 8.65. The van der Waals surface area contributed by atoms with Crippen molar-refractivity contribution in [2.45, 2.75) is 204 Å². The Hall–Kier alpha value is -8.45. The van der Waals surface area contributed by atoms with Gasteiger partial charge >= 0.3 is 5.97 Å². The Labute approximate surface area is 573 Å². The van der Waals surface area contributed by atoms with Gasteiger partial charge in [-0.1, -0.05) is 55.4 Å². The molecule has 0 bridgehead atoms. The number of hydrogen-bond donors (Lipinski definition) is 0. The molecular weight excluding hydrogens is 1210 g/mol. The Morgan fingerprint density at radius 1 is 0.577 bits per heavy atom. The lowest BCUT2D eigenvalue weighted by atomic mass is 9.75. The van der Waals surface area contributed by atoms with Gasteiger partial charge in [0.15, 0.2) is 35.0 Å². The SMILES string of the molecule is COc1ccc(-c2nc3n(n2)/C(=N/c2cc4c(cc2C)N(CCCCCN2c5cc(C)c(/N=C6\C(C#N)=C(C(=O)OC7C(C)CC(C)CC7C)c7nc(-c8ccc(OC)c(C)c8)nn76)cc5C(C)CC2(C)C)C(C)(C)CC4C)C(C#N)=C3COOC2C(C)CC(C)CC2C)cc1C. The van der Waals surface area contributed by atoms with E-state index in [4.69, 9.17) is 54.1 Å². The van der Waals surface area contributed by atoms with Gasteiger partial charge in [0.1, 0.15) is 53.1 Å². The van der Waals surface area contributed by atoms with Crippen molar-refractivity contribution in [3.63, 3.8) is 0 Å². The molecule has 6 atom stereocenters. The molecule has 0 saturated heterocycles. The van der Waals surface area contributed by atoms with Crippen LogP contribution in [0.4, 0.5) is 22.7 Å². The zero-order valence-electron chi connectivity index (χ0n) is 60.3. The molecule has 6 aliphatic rings. The first-order valence-corrected chi connectivity index (χ1v) is 35.3. The molecule has 18 nitrogen and oxygen atoms in total. The summed E-state index contributed by atoms with van der Waals surface area (Å²) < 4.78 is 20.8. The zero-order valence-corrected chi connectivity index (χ0v) is 60.3. The number of hydrogen-bond acceptors (Lipinski definition) is 16. The number of nitrogens with zero attached hydrogens (tertiary/aromatic N) is 12. The van der Waals surface area contributed by atoms with Crippen LogP contribution in [0.1, 0.15) is 198 Å². The molecule has 2 saturated carbocycles. The van der Waals surface area contributed by atoms with Gasteiger partial charge in [-0.3, -0.25) is 0 Å². The van der Waals surface area contributed by atoms with Crippen LogP contribution in [0, 0.1) is 85.9 Å². The minimum absolute atomic E-state index is 0.0178. The Balaban J connectivity index is 0.788. The molecule has 4 aliphatic heterocycles. The van der Waals surface area contributed by atoms with E-state index in [1.165, 1.54) is 22.5 Å². The summed E-state index contributed by atoms with van der Waals surface area (Å²) in [5.74, 6) is 5.90. The number of benzene rings is 4. The summed E-state index contributed by atoms with van der Waals surface area (Å²) in [4.78, 5) is 52.8. The molecule has 4 aromatic carbocycles. The van der Waals surface area contributed by atoms with E-state index in [0.29, 0.717) is 63.8 Å². The van der Waals surface area contributed by atoms with E-state index >= 15 is 0 Å². The Bertz CT molecular complexity index is 4260. The number of aryl methyl sites for hydroxylation is 4. The van der Waals surface area contributed by atoms with Crippen molar-refractivity contribution in [1.82, 2.24) is 29.5 Å². The lowest BCUT2D eigenvalue weighted by molar-refractivity contribution is -0.338. The highest BCUT2D eigenvalue weighted by atomic mass is 17.2. The predicted molar refractivity (Wildman–Crippen MR) is 383 cm³/mol. The van der Waals surface area contributed by atoms with Gasteiger partial charge in [0, 0.05) is 52.2 Å². The number of fused-ring (bicyclic) bond motifs is 4. The van der Waals surface area contributed by atoms with Gasteiger partial charge in [0.2, 0.25) is 0 Å². The molecule has 0 radical (unpaired) electrons. The second-order valence-electron chi connectivity index (χ2n) is 30.8. The number of ether oxygens (including phenoxy) is 3. The van der Waals surface area contributed by atoms with Crippen LogP contribution in [0.5, 0.6) is 11.5 Å². The first-order chi connectivity index (χ1) is 46.2. The molecule has 97 heavy (non-hydrogen) atoms. The fraction of sp³-hybridized carbons (Fsp3) is 0.532. The first kappa shape index (κ1) is 68.5. The van der Waals surface area contributed by atoms with Crippen molar-refractivity contribution in [3.8, 4) is 46.4 Å². The number of unbranched alkanes of at least 4 members (excludes halogenated alkanes) is 2. The smallest absolute Gasteiger partial charge is 0.343 e. The van der Waals surface area contributed by atoms with Gasteiger partial charge < -0.3 is 24.0 Å². The third kappa shape index (κ3) is 13.1. The van der Waals surface area contributed by atoms with Crippen LogP contribution in [0.25, 0.3) is 33.9 Å². The number of carbonyl (C=O) groups is 1. The third-order valence-corrected chi connectivity index (χ3v) is 21.9. The summed E-state index contributed by atoms with van der Waals surface area (Å²) in [6, 6.07) is 25.5. The molecular formula is C79H98N12O6. The van der Waals surface area contributed by atoms with E-state index in [1.807, 2.05) is 50.2 Å². The number of nitriles is 2. The summed E-state index contributed by atoms with van der Waals surface area (Å²) in [5, 5.41) is 32.0. The molecule has 2 aromatic heterocycles. The van der Waals surface area contributed by atoms with Crippen molar-refractivity contribution >= 4 is 51.5 Å². The Morgan fingerprint density at radius 2 is 1.02 bits per heavy atom. The highest BCUT2D eigenvalue weighted by Gasteiger charge is 2.44. The van der Waals surface area contributed by atoms with Crippen LogP contribution in [0.3, 0.4) is 0 Å². The van der Waals surface area contributed by atoms with E-state index in [2.05, 4.69) is 143 Å². The minimum Gasteiger partial charge on any atom is -0.496 e. The van der Waals surface area contributed by atoms with E-state index in [9.17, 15) is 15.3 Å². The van der Waals surface area contributed by atoms with Crippen LogP contribution in [0.15, 0.2) is 81.8 Å². The maximum Gasteiger partial charge on any atom is 0.343 e. The fourth-order valence-electron chi connectivity index (χ4n) is 17.4. The van der Waals surface area contributed by atoms with Crippen LogP contribution in [-0.4, -0.2) is 104 Å². The first-order valence-electron chi connectivity index (χ1n) is 35.3. The van der Waals surface area contributed by atoms with Crippen molar-refractivity contribution in [2.24, 2.45) is 45.5 Å². The summed E-state index contributed by atoms with van der Waals surface area (Å²) in [6.45, 7) is 37.3. The number of anilines is 2. The standard InChI is InChI=1S/C79H98N12O6/c1-43-28-49(7)69(50(8)29-43)96-77(92)68-60(41-81)74(91-76(68)85-72(87-91)56-23-25-67(94-18)48(6)33-56)83-63-37-58-54(12)39-79(15,16)89(65(58)35-46(63)4)27-21-19-20-26-88-64-34-45(3)62(36-57(64)53(11)38-78(88,13)14)82-73-59(40-80)61(42-95-97-70-51(9)30-44(2)31-52(70)10)75-84-71(86-90(73)75)55-22-24-66(93-17)47(5)32-55/h22-25,32-37,43-44,49-54,69-70H,19-21,26-31,38-39,42H2,1-18H3/b82-73+,83-74+. The summed E-state index contributed by atoms with van der Waals surface area (Å²) >= 11 is 0. The van der Waals surface area contributed by atoms with Gasteiger partial charge in [0.05, 0.1) is 31.7 Å². The van der Waals surface area contributed by atoms with Gasteiger partial charge in [-0.25, -0.2) is 34.5 Å². The van der Waals surface area contributed by atoms with Crippen molar-refractivity contribution < 1.29 is 28.8 Å². The average Bonchev–Trinajstić information content (AvgIpc) is 1.69. The van der Waals surface area contributed by atoms with Crippen LogP contribution >= 0.6 is 0 Å². The molecule has 12 rings (SSSR count). The van der Waals surface area contributed by atoms with Crippen molar-refractivity contribution in [3.05, 3.63) is 117 Å². The van der Waals surface area contributed by atoms with E-state index in [1.54, 1.807) is 23.6 Å². The zero-order chi connectivity index (χ0) is 69.3. The highest BCUT2D eigenvalue weighted by Crippen LogP contribution is 2.49. The van der Waals surface area contributed by atoms with Gasteiger partial charge in [0.25, 0.3) is 0 Å². The van der Waals surface area contributed by atoms with Crippen molar-refractivity contribution in [2.75, 3.05) is 43.7 Å². The number of allylic oxidation sites excluding steroid dienone is 2. The summed E-state index contributed by atoms with van der Waals surface area (Å²) in [5.41, 5.74) is 12.7. The minimum atomic E-state index is -0.580. The lowest BCUT2D eigenvalue weighted by Gasteiger charge is -2.48. The number of esters is 1. The molecule has 510 valence electrons.